The summed E-state index contributed by atoms with van der Waals surface area (Å²) in [7, 11) is 0. The maximum absolute atomic E-state index is 15.9. The Hall–Kier alpha value is -5.39. The van der Waals surface area contributed by atoms with E-state index in [2.05, 4.69) is 20.5 Å². The minimum Gasteiger partial charge on any atom is -0.444 e. The highest BCUT2D eigenvalue weighted by molar-refractivity contribution is 6.01. The summed E-state index contributed by atoms with van der Waals surface area (Å²) in [5.41, 5.74) is -2.70. The number of ether oxygens (including phenoxy) is 1. The predicted octanol–water partition coefficient (Wildman–Crippen LogP) is 7.60. The summed E-state index contributed by atoms with van der Waals surface area (Å²) in [6.07, 6.45) is -3.93. The molecular formula is C34H31F5N6O4. The molecule has 0 spiro atoms. The average Bonchev–Trinajstić information content (AvgIpc) is 3.51. The molecule has 1 N–H and O–H groups in total. The van der Waals surface area contributed by atoms with Crippen LogP contribution in [0.5, 0.6) is 0 Å². The van der Waals surface area contributed by atoms with Crippen molar-refractivity contribution in [3.05, 3.63) is 83.1 Å². The molecule has 2 aromatic carbocycles. The van der Waals surface area contributed by atoms with E-state index >= 15 is 13.2 Å². The van der Waals surface area contributed by atoms with Crippen molar-refractivity contribution in [3.8, 4) is 28.8 Å². The maximum atomic E-state index is 15.9. The molecule has 0 saturated heterocycles. The molecule has 0 radical (unpaired) electrons. The molecule has 0 saturated carbocycles. The Balaban J connectivity index is 1.57. The summed E-state index contributed by atoms with van der Waals surface area (Å²) in [5, 5.41) is 19.3. The molecule has 49 heavy (non-hydrogen) atoms. The van der Waals surface area contributed by atoms with Crippen molar-refractivity contribution in [1.82, 2.24) is 20.5 Å². The van der Waals surface area contributed by atoms with Crippen LogP contribution in [0.15, 0.2) is 59.1 Å². The Morgan fingerprint density at radius 3 is 2.41 bits per heavy atom. The molecule has 0 unspecified atom stereocenters. The molecule has 1 aliphatic heterocycles. The van der Waals surface area contributed by atoms with Gasteiger partial charge < -0.3 is 19.4 Å². The summed E-state index contributed by atoms with van der Waals surface area (Å²) in [6.45, 7) is 7.38. The van der Waals surface area contributed by atoms with Crippen LogP contribution in [0.4, 0.5) is 32.4 Å². The van der Waals surface area contributed by atoms with Crippen LogP contribution in [0.25, 0.3) is 22.7 Å². The molecule has 3 heterocycles. The normalized spacial score (nSPS) is 16.2. The van der Waals surface area contributed by atoms with E-state index in [1.54, 1.807) is 45.0 Å². The molecule has 2 aromatic heterocycles. The van der Waals surface area contributed by atoms with E-state index < -0.39 is 70.7 Å². The summed E-state index contributed by atoms with van der Waals surface area (Å²) >= 11 is 0. The van der Waals surface area contributed by atoms with Gasteiger partial charge in [-0.1, -0.05) is 24.3 Å². The highest BCUT2D eigenvalue weighted by Crippen LogP contribution is 2.45. The number of halogens is 5. The first-order valence-corrected chi connectivity index (χ1v) is 15.0. The van der Waals surface area contributed by atoms with Crippen molar-refractivity contribution >= 4 is 17.7 Å². The van der Waals surface area contributed by atoms with Crippen LogP contribution in [0.1, 0.15) is 70.0 Å². The highest BCUT2D eigenvalue weighted by atomic mass is 19.3. The standard InChI is InChI=1S/C34H31F5N6O4/c1-32(2,3)49-31(47)42-25-14-34(38,39)22-13-23(35)21(28-43-44-30(48-28)33(4,5)17-40)12-26(22)45(29(25)46)16-18-6-8-19(9-7-18)24-11-10-20(15-41-24)27(36)37/h6-13,15,25,27H,14,16H2,1-5H3,(H,42,47)/t25-/m1/s1. The van der Waals surface area contributed by atoms with Crippen LogP contribution in [0.2, 0.25) is 0 Å². The van der Waals surface area contributed by atoms with Gasteiger partial charge in [0.15, 0.2) is 0 Å². The number of hydrogen-bond donors (Lipinski definition) is 1. The second-order valence-corrected chi connectivity index (χ2v) is 13.0. The van der Waals surface area contributed by atoms with Gasteiger partial charge in [0.2, 0.25) is 11.8 Å². The van der Waals surface area contributed by atoms with Gasteiger partial charge in [0.1, 0.15) is 22.9 Å². The molecule has 10 nitrogen and oxygen atoms in total. The molecule has 4 aromatic rings. The van der Waals surface area contributed by atoms with Gasteiger partial charge in [0.25, 0.3) is 18.2 Å². The topological polar surface area (TPSA) is 134 Å². The fourth-order valence-electron chi connectivity index (χ4n) is 5.03. The number of carbonyl (C=O) groups excluding carboxylic acids is 2. The summed E-state index contributed by atoms with van der Waals surface area (Å²) in [4.78, 5) is 31.8. The molecule has 0 bridgehead atoms. The molecule has 0 aliphatic carbocycles. The number of benzene rings is 2. The fraction of sp³-hybridized carbons (Fsp3) is 0.353. The van der Waals surface area contributed by atoms with Crippen molar-refractivity contribution in [2.75, 3.05) is 4.90 Å². The molecule has 256 valence electrons. The number of hydrogen-bond acceptors (Lipinski definition) is 8. The number of carbonyl (C=O) groups is 2. The summed E-state index contributed by atoms with van der Waals surface area (Å²) in [5.74, 6) is -6.45. The quantitative estimate of drug-likeness (QED) is 0.197. The van der Waals surface area contributed by atoms with Crippen LogP contribution < -0.4 is 10.2 Å². The van der Waals surface area contributed by atoms with Gasteiger partial charge in [0, 0.05) is 29.3 Å². The van der Waals surface area contributed by atoms with Gasteiger partial charge in [-0.25, -0.2) is 26.7 Å². The van der Waals surface area contributed by atoms with Gasteiger partial charge in [-0.15, -0.1) is 10.2 Å². The first-order valence-electron chi connectivity index (χ1n) is 15.0. The lowest BCUT2D eigenvalue weighted by atomic mass is 9.96. The number of anilines is 1. The number of amides is 2. The van der Waals surface area contributed by atoms with Crippen molar-refractivity contribution in [1.29, 1.82) is 5.26 Å². The second kappa shape index (κ2) is 12.9. The van der Waals surface area contributed by atoms with Crippen LogP contribution in [0.3, 0.4) is 0 Å². The number of aromatic nitrogens is 3. The van der Waals surface area contributed by atoms with Crippen molar-refractivity contribution < 1.29 is 40.7 Å². The zero-order valence-electron chi connectivity index (χ0n) is 27.0. The van der Waals surface area contributed by atoms with Crippen molar-refractivity contribution in [3.63, 3.8) is 0 Å². The van der Waals surface area contributed by atoms with Crippen molar-refractivity contribution in [2.45, 2.75) is 77.0 Å². The third kappa shape index (κ3) is 7.53. The van der Waals surface area contributed by atoms with E-state index in [4.69, 9.17) is 9.15 Å². The van der Waals surface area contributed by atoms with Gasteiger partial charge in [-0.2, -0.15) is 5.26 Å². The average molecular weight is 683 g/mol. The lowest BCUT2D eigenvalue weighted by molar-refractivity contribution is -0.123. The Bertz CT molecular complexity index is 1920. The molecule has 1 aliphatic rings. The zero-order chi connectivity index (χ0) is 35.9. The molecule has 15 heteroatoms. The van der Waals surface area contributed by atoms with Crippen LogP contribution in [-0.2, 0) is 27.4 Å². The SMILES string of the molecule is CC(C)(C)OC(=O)N[C@@H]1CC(F)(F)c2cc(F)c(-c3nnc(C(C)(C)C#N)o3)cc2N(Cc2ccc(-c3ccc(C(F)F)cn3)cc2)C1=O. The second-order valence-electron chi connectivity index (χ2n) is 13.0. The van der Waals surface area contributed by atoms with Crippen LogP contribution >= 0.6 is 0 Å². The molecule has 1 atom stereocenters. The van der Waals surface area contributed by atoms with Gasteiger partial charge in [-0.3, -0.25) is 9.78 Å². The highest BCUT2D eigenvalue weighted by Gasteiger charge is 2.47. The first-order chi connectivity index (χ1) is 22.9. The Morgan fingerprint density at radius 1 is 1.12 bits per heavy atom. The van der Waals surface area contributed by atoms with E-state index in [-0.39, 0.29) is 23.7 Å². The molecule has 5 rings (SSSR count). The minimum absolute atomic E-state index is 0.141. The number of nitriles is 1. The number of alkyl halides is 4. The Morgan fingerprint density at radius 2 is 1.82 bits per heavy atom. The third-order valence-corrected chi connectivity index (χ3v) is 7.58. The first kappa shape index (κ1) is 34.9. The summed E-state index contributed by atoms with van der Waals surface area (Å²) < 4.78 is 84.2. The van der Waals surface area contributed by atoms with E-state index in [1.807, 2.05) is 6.07 Å². The summed E-state index contributed by atoms with van der Waals surface area (Å²) in [6, 6.07) is 10.8. The largest absolute Gasteiger partial charge is 0.444 e. The molecular weight excluding hydrogens is 651 g/mol. The minimum atomic E-state index is -3.82. The fourth-order valence-corrected chi connectivity index (χ4v) is 5.03. The van der Waals surface area contributed by atoms with E-state index in [0.29, 0.717) is 22.9 Å². The number of nitrogens with one attached hydrogen (secondary N) is 1. The van der Waals surface area contributed by atoms with E-state index in [9.17, 15) is 23.6 Å². The predicted molar refractivity (Wildman–Crippen MR) is 166 cm³/mol. The van der Waals surface area contributed by atoms with E-state index in [1.165, 1.54) is 26.0 Å². The van der Waals surface area contributed by atoms with Crippen molar-refractivity contribution in [2.24, 2.45) is 0 Å². The number of nitrogens with zero attached hydrogens (tertiary/aromatic N) is 5. The lowest BCUT2D eigenvalue weighted by Crippen LogP contribution is -2.49. The lowest BCUT2D eigenvalue weighted by Gasteiger charge is -2.27. The Kier molecular flexibility index (Phi) is 9.20. The number of rotatable bonds is 7. The smallest absolute Gasteiger partial charge is 0.408 e. The number of pyridine rings is 1. The monoisotopic (exact) mass is 682 g/mol. The zero-order valence-corrected chi connectivity index (χ0v) is 27.0. The Labute approximate surface area is 277 Å². The molecule has 2 amide bonds. The van der Waals surface area contributed by atoms with Gasteiger partial charge in [-0.05, 0) is 64.4 Å². The van der Waals surface area contributed by atoms with Gasteiger partial charge >= 0.3 is 6.09 Å². The van der Waals surface area contributed by atoms with Gasteiger partial charge in [0.05, 0.1) is 29.6 Å². The maximum Gasteiger partial charge on any atom is 0.408 e. The number of alkyl carbamates (subject to hydrolysis) is 1. The third-order valence-electron chi connectivity index (χ3n) is 7.58. The van der Waals surface area contributed by atoms with Crippen LogP contribution in [0, 0.1) is 17.1 Å². The molecule has 0 fully saturated rings. The van der Waals surface area contributed by atoms with E-state index in [0.717, 1.165) is 17.2 Å². The number of fused-ring (bicyclic) bond motifs is 1. The van der Waals surface area contributed by atoms with Crippen LogP contribution in [-0.4, -0.2) is 38.8 Å².